The molecule has 1 nitrogen and oxygen atoms in total. The van der Waals surface area contributed by atoms with Gasteiger partial charge in [-0.3, -0.25) is 4.79 Å². The second-order valence-electron chi connectivity index (χ2n) is 3.76. The van der Waals surface area contributed by atoms with Crippen molar-refractivity contribution in [1.29, 1.82) is 0 Å². The molecule has 1 heteroatoms. The Bertz CT molecular complexity index is 219. The van der Waals surface area contributed by atoms with Crippen molar-refractivity contribution < 1.29 is 4.79 Å². The lowest BCUT2D eigenvalue weighted by atomic mass is 9.89. The van der Waals surface area contributed by atoms with Gasteiger partial charge in [-0.15, -0.1) is 5.92 Å². The van der Waals surface area contributed by atoms with Crippen molar-refractivity contribution in [2.45, 2.75) is 51.9 Å². The van der Waals surface area contributed by atoms with E-state index in [0.717, 1.165) is 25.7 Å². The van der Waals surface area contributed by atoms with E-state index >= 15 is 0 Å². The summed E-state index contributed by atoms with van der Waals surface area (Å²) in [6.07, 6.45) is 7.07. The molecule has 1 aliphatic carbocycles. The van der Waals surface area contributed by atoms with Crippen molar-refractivity contribution in [3.63, 3.8) is 0 Å². The molecule has 0 aromatic rings. The Hall–Kier alpha value is -0.770. The molecule has 0 amide bonds. The summed E-state index contributed by atoms with van der Waals surface area (Å²) in [5.41, 5.74) is 0. The van der Waals surface area contributed by atoms with Gasteiger partial charge in [-0.2, -0.15) is 0 Å². The van der Waals surface area contributed by atoms with Gasteiger partial charge in [0.2, 0.25) is 0 Å². The number of unbranched alkanes of at least 4 members (excludes halogenated alkanes) is 2. The zero-order valence-electron chi connectivity index (χ0n) is 8.44. The van der Waals surface area contributed by atoms with E-state index in [1.807, 2.05) is 0 Å². The topological polar surface area (TPSA) is 17.1 Å². The second-order valence-corrected chi connectivity index (χ2v) is 3.76. The van der Waals surface area contributed by atoms with Crippen molar-refractivity contribution in [3.8, 4) is 11.8 Å². The number of Topliss-reactive ketones (excluding diaryl/α,β-unsaturated/α-hetero) is 1. The maximum Gasteiger partial charge on any atom is 0.134 e. The summed E-state index contributed by atoms with van der Waals surface area (Å²) in [6.45, 7) is 2.17. The first-order chi connectivity index (χ1) is 6.33. The summed E-state index contributed by atoms with van der Waals surface area (Å²) in [5.74, 6) is 7.17. The first kappa shape index (κ1) is 10.3. The van der Waals surface area contributed by atoms with Crippen LogP contribution >= 0.6 is 0 Å². The molecule has 13 heavy (non-hydrogen) atoms. The molecule has 0 N–H and O–H groups in total. The molecule has 0 heterocycles. The van der Waals surface area contributed by atoms with Gasteiger partial charge in [-0.1, -0.05) is 19.3 Å². The minimum Gasteiger partial charge on any atom is -0.300 e. The molecule has 1 aliphatic rings. The molecule has 1 saturated carbocycles. The third-order valence-electron chi connectivity index (χ3n) is 2.44. The Balaban J connectivity index is 2.25. The Morgan fingerprint density at radius 3 is 3.08 bits per heavy atom. The van der Waals surface area contributed by atoms with Crippen LogP contribution in [0.4, 0.5) is 0 Å². The Kier molecular flexibility index (Phi) is 4.60. The van der Waals surface area contributed by atoms with Gasteiger partial charge in [0.05, 0.1) is 0 Å². The summed E-state index contributed by atoms with van der Waals surface area (Å²) in [6, 6.07) is 0. The fourth-order valence-electron chi connectivity index (χ4n) is 1.63. The van der Waals surface area contributed by atoms with Crippen LogP contribution in [0.5, 0.6) is 0 Å². The molecular formula is C12H18O. The molecule has 1 rings (SSSR count). The lowest BCUT2D eigenvalue weighted by molar-refractivity contribution is -0.120. The zero-order valence-corrected chi connectivity index (χ0v) is 8.44. The van der Waals surface area contributed by atoms with Crippen LogP contribution in [0.1, 0.15) is 51.9 Å². The van der Waals surface area contributed by atoms with Gasteiger partial charge in [-0.25, -0.2) is 0 Å². The molecular weight excluding hydrogens is 160 g/mol. The number of hydrogen-bond donors (Lipinski definition) is 0. The van der Waals surface area contributed by atoms with E-state index in [4.69, 9.17) is 0 Å². The molecule has 1 atom stereocenters. The Labute approximate surface area is 80.9 Å². The number of ketones is 1. The lowest BCUT2D eigenvalue weighted by Crippen LogP contribution is -2.13. The molecule has 0 aliphatic heterocycles. The van der Waals surface area contributed by atoms with E-state index in [2.05, 4.69) is 18.8 Å². The summed E-state index contributed by atoms with van der Waals surface area (Å²) in [4.78, 5) is 11.1. The van der Waals surface area contributed by atoms with Gasteiger partial charge in [-0.05, 0) is 19.3 Å². The first-order valence-corrected chi connectivity index (χ1v) is 5.33. The number of rotatable bonds is 2. The van der Waals surface area contributed by atoms with Gasteiger partial charge in [0.1, 0.15) is 5.78 Å². The van der Waals surface area contributed by atoms with Crippen LogP contribution in [0.3, 0.4) is 0 Å². The third-order valence-corrected chi connectivity index (χ3v) is 2.44. The molecule has 1 fully saturated rings. The largest absolute Gasteiger partial charge is 0.300 e. The normalized spacial score (nSPS) is 22.2. The predicted molar refractivity (Wildman–Crippen MR) is 54.3 cm³/mol. The molecule has 0 saturated heterocycles. The molecule has 1 unspecified atom stereocenters. The van der Waals surface area contributed by atoms with Gasteiger partial charge in [0.25, 0.3) is 0 Å². The minimum absolute atomic E-state index is 0.373. The van der Waals surface area contributed by atoms with E-state index < -0.39 is 0 Å². The molecule has 0 spiro atoms. The van der Waals surface area contributed by atoms with Crippen molar-refractivity contribution in [1.82, 2.24) is 0 Å². The van der Waals surface area contributed by atoms with Crippen LogP contribution < -0.4 is 0 Å². The van der Waals surface area contributed by atoms with Crippen LogP contribution in [0, 0.1) is 17.8 Å². The highest BCUT2D eigenvalue weighted by Gasteiger charge is 2.16. The smallest absolute Gasteiger partial charge is 0.134 e. The highest BCUT2D eigenvalue weighted by molar-refractivity contribution is 5.79. The van der Waals surface area contributed by atoms with Crippen molar-refractivity contribution >= 4 is 5.78 Å². The third kappa shape index (κ3) is 4.12. The Morgan fingerprint density at radius 2 is 2.38 bits per heavy atom. The van der Waals surface area contributed by atoms with E-state index in [0.29, 0.717) is 18.1 Å². The van der Waals surface area contributed by atoms with Gasteiger partial charge >= 0.3 is 0 Å². The molecule has 0 aromatic heterocycles. The standard InChI is InChI=1S/C12H18O/c1-2-3-4-5-7-11-8-6-9-12(13)10-11/h11H,2-4,6,8-10H2,1H3. The predicted octanol–water partition coefficient (Wildman–Crippen LogP) is 2.94. The first-order valence-electron chi connectivity index (χ1n) is 5.33. The van der Waals surface area contributed by atoms with E-state index in [1.54, 1.807) is 0 Å². The SMILES string of the molecule is CCCCC#CC1CCCC(=O)C1. The van der Waals surface area contributed by atoms with Gasteiger partial charge in [0, 0.05) is 25.2 Å². The average molecular weight is 178 g/mol. The van der Waals surface area contributed by atoms with Crippen molar-refractivity contribution in [3.05, 3.63) is 0 Å². The number of carbonyl (C=O) groups excluding carboxylic acids is 1. The lowest BCUT2D eigenvalue weighted by Gasteiger charge is -2.14. The molecule has 0 radical (unpaired) electrons. The quantitative estimate of drug-likeness (QED) is 0.469. The second kappa shape index (κ2) is 5.80. The maximum absolute atomic E-state index is 11.1. The van der Waals surface area contributed by atoms with Gasteiger partial charge < -0.3 is 0 Å². The number of hydrogen-bond acceptors (Lipinski definition) is 1. The maximum atomic E-state index is 11.1. The fourth-order valence-corrected chi connectivity index (χ4v) is 1.63. The highest BCUT2D eigenvalue weighted by atomic mass is 16.1. The van der Waals surface area contributed by atoms with Crippen LogP contribution in [-0.2, 0) is 4.79 Å². The van der Waals surface area contributed by atoms with Crippen molar-refractivity contribution in [2.24, 2.45) is 5.92 Å². The molecule has 72 valence electrons. The summed E-state index contributed by atoms with van der Waals surface area (Å²) in [5, 5.41) is 0. The van der Waals surface area contributed by atoms with E-state index in [-0.39, 0.29) is 0 Å². The number of carbonyl (C=O) groups is 1. The fraction of sp³-hybridized carbons (Fsp3) is 0.750. The summed E-state index contributed by atoms with van der Waals surface area (Å²) in [7, 11) is 0. The van der Waals surface area contributed by atoms with Crippen LogP contribution in [0.25, 0.3) is 0 Å². The van der Waals surface area contributed by atoms with Crippen LogP contribution in [0.15, 0.2) is 0 Å². The highest BCUT2D eigenvalue weighted by Crippen LogP contribution is 2.20. The van der Waals surface area contributed by atoms with E-state index in [9.17, 15) is 4.79 Å². The molecule has 0 bridgehead atoms. The average Bonchev–Trinajstić information content (AvgIpc) is 2.13. The minimum atomic E-state index is 0.373. The molecule has 0 aromatic carbocycles. The van der Waals surface area contributed by atoms with Crippen molar-refractivity contribution in [2.75, 3.05) is 0 Å². The van der Waals surface area contributed by atoms with Crippen LogP contribution in [-0.4, -0.2) is 5.78 Å². The zero-order chi connectivity index (χ0) is 9.52. The summed E-state index contributed by atoms with van der Waals surface area (Å²) < 4.78 is 0. The monoisotopic (exact) mass is 178 g/mol. The van der Waals surface area contributed by atoms with E-state index in [1.165, 1.54) is 12.8 Å². The summed E-state index contributed by atoms with van der Waals surface area (Å²) >= 11 is 0. The van der Waals surface area contributed by atoms with Crippen LogP contribution in [0.2, 0.25) is 0 Å². The Morgan fingerprint density at radius 1 is 1.54 bits per heavy atom. The van der Waals surface area contributed by atoms with Gasteiger partial charge in [0.15, 0.2) is 0 Å².